The molecule has 0 aromatic heterocycles. The Bertz CT molecular complexity index is 59.1. The minimum atomic E-state index is 0. The van der Waals surface area contributed by atoms with Gasteiger partial charge < -0.3 is 13.2 Å². The van der Waals surface area contributed by atoms with Crippen molar-refractivity contribution < 1.29 is 29.9 Å². The minimum Gasteiger partial charge on any atom is -0.677 e. The molecule has 0 saturated carbocycles. The normalized spacial score (nSPS) is 8.77. The average Bonchev–Trinajstić information content (AvgIpc) is 2.03. The summed E-state index contributed by atoms with van der Waals surface area (Å²) in [5.74, 6) is 0. The van der Waals surface area contributed by atoms with E-state index in [9.17, 15) is 0 Å². The largest absolute Gasteiger partial charge is 0.677 e. The van der Waals surface area contributed by atoms with Crippen LogP contribution in [0.3, 0.4) is 0 Å². The standard InChI is InChI=1S/C10H22N.CH3.Np/c1-2-3-4-5-6-7-8-9-10-11;;/h11H,2-10H2,1H3;1H3;/q2*-1;. The third-order valence-corrected chi connectivity index (χ3v) is 2.03. The molecular formula is C11H25NNp-2. The summed E-state index contributed by atoms with van der Waals surface area (Å²) >= 11 is 0. The van der Waals surface area contributed by atoms with Crippen molar-refractivity contribution in [3.05, 3.63) is 13.2 Å². The maximum absolute atomic E-state index is 6.95. The van der Waals surface area contributed by atoms with Gasteiger partial charge in [0.25, 0.3) is 0 Å². The first kappa shape index (κ1) is 19.5. The molecule has 0 aromatic rings. The molecule has 0 amide bonds. The van der Waals surface area contributed by atoms with Gasteiger partial charge in [-0.1, -0.05) is 58.3 Å². The first-order valence-corrected chi connectivity index (χ1v) is 5.06. The van der Waals surface area contributed by atoms with Gasteiger partial charge in [0.2, 0.25) is 0 Å². The fourth-order valence-corrected chi connectivity index (χ4v) is 1.26. The molecule has 1 radical (unpaired) electrons. The second-order valence-electron chi connectivity index (χ2n) is 3.22. The predicted octanol–water partition coefficient (Wildman–Crippen LogP) is 4.63. The second-order valence-corrected chi connectivity index (χ2v) is 3.22. The van der Waals surface area contributed by atoms with Gasteiger partial charge in [-0.2, -0.15) is 6.54 Å². The summed E-state index contributed by atoms with van der Waals surface area (Å²) in [5, 5.41) is 0. The van der Waals surface area contributed by atoms with Crippen molar-refractivity contribution in [3.63, 3.8) is 0 Å². The zero-order valence-electron chi connectivity index (χ0n) is 9.31. The maximum Gasteiger partial charge on any atom is 0 e. The average molecular weight is 408 g/mol. The molecule has 0 spiro atoms. The molecule has 0 rings (SSSR count). The van der Waals surface area contributed by atoms with E-state index in [0.29, 0.717) is 6.54 Å². The van der Waals surface area contributed by atoms with Gasteiger partial charge in [-0.15, -0.1) is 0 Å². The van der Waals surface area contributed by atoms with E-state index >= 15 is 0 Å². The summed E-state index contributed by atoms with van der Waals surface area (Å²) in [5.41, 5.74) is 6.95. The van der Waals surface area contributed by atoms with Crippen LogP contribution in [0.15, 0.2) is 0 Å². The zero-order valence-corrected chi connectivity index (χ0v) is 13.0. The van der Waals surface area contributed by atoms with E-state index in [1.165, 1.54) is 44.9 Å². The molecule has 0 aliphatic carbocycles. The monoisotopic (exact) mass is 407 g/mol. The van der Waals surface area contributed by atoms with E-state index in [4.69, 9.17) is 5.73 Å². The van der Waals surface area contributed by atoms with Crippen molar-refractivity contribution in [2.45, 2.75) is 58.3 Å². The summed E-state index contributed by atoms with van der Waals surface area (Å²) < 4.78 is 0. The van der Waals surface area contributed by atoms with Crippen LogP contribution >= 0.6 is 0 Å². The molecule has 0 unspecified atom stereocenters. The second kappa shape index (κ2) is 18.7. The van der Waals surface area contributed by atoms with Crippen molar-refractivity contribution >= 4 is 0 Å². The van der Waals surface area contributed by atoms with Crippen LogP contribution in [-0.2, 0) is 0 Å². The van der Waals surface area contributed by atoms with Crippen molar-refractivity contribution in [1.29, 1.82) is 0 Å². The van der Waals surface area contributed by atoms with Crippen LogP contribution in [-0.4, -0.2) is 6.54 Å². The minimum absolute atomic E-state index is 0. The molecule has 0 fully saturated rings. The van der Waals surface area contributed by atoms with E-state index < -0.39 is 0 Å². The Morgan fingerprint density at radius 2 is 1.15 bits per heavy atom. The Morgan fingerprint density at radius 3 is 1.54 bits per heavy atom. The van der Waals surface area contributed by atoms with Crippen LogP contribution in [0, 0.1) is 37.4 Å². The summed E-state index contributed by atoms with van der Waals surface area (Å²) in [4.78, 5) is 0. The summed E-state index contributed by atoms with van der Waals surface area (Å²) in [6, 6.07) is 0. The molecule has 13 heavy (non-hydrogen) atoms. The third-order valence-electron chi connectivity index (χ3n) is 2.03. The van der Waals surface area contributed by atoms with Crippen molar-refractivity contribution in [2.75, 3.05) is 6.54 Å². The molecular weight excluding hydrogens is 383 g/mol. The van der Waals surface area contributed by atoms with Gasteiger partial charge in [0.05, 0.1) is 0 Å². The van der Waals surface area contributed by atoms with Gasteiger partial charge in [0, 0.05) is 29.9 Å². The molecule has 0 aromatic carbocycles. The van der Waals surface area contributed by atoms with Crippen LogP contribution in [0.4, 0.5) is 0 Å². The quantitative estimate of drug-likeness (QED) is 0.413. The third kappa shape index (κ3) is 19.4. The van der Waals surface area contributed by atoms with E-state index in [1.54, 1.807) is 0 Å². The summed E-state index contributed by atoms with van der Waals surface area (Å²) in [7, 11) is 0. The number of rotatable bonds is 8. The Kier molecular flexibility index (Phi) is 28.1. The van der Waals surface area contributed by atoms with Crippen molar-refractivity contribution in [1.82, 2.24) is 0 Å². The molecule has 1 nitrogen and oxygen atoms in total. The Balaban J connectivity index is -0.000000500. The fraction of sp³-hybridized carbons (Fsp3) is 0.909. The van der Waals surface area contributed by atoms with E-state index in [0.717, 1.165) is 6.42 Å². The number of unbranched alkanes of at least 4 members (excludes halogenated alkanes) is 7. The summed E-state index contributed by atoms with van der Waals surface area (Å²) in [6.45, 7) is 2.87. The van der Waals surface area contributed by atoms with Crippen LogP contribution in [0.5, 0.6) is 0 Å². The fourth-order valence-electron chi connectivity index (χ4n) is 1.26. The van der Waals surface area contributed by atoms with Crippen LogP contribution in [0.2, 0.25) is 0 Å². The number of nitrogens with one attached hydrogen (secondary N) is 1. The van der Waals surface area contributed by atoms with Crippen molar-refractivity contribution in [2.24, 2.45) is 0 Å². The predicted molar refractivity (Wildman–Crippen MR) is 58.2 cm³/mol. The summed E-state index contributed by atoms with van der Waals surface area (Å²) in [6.07, 6.45) is 10.7. The topological polar surface area (TPSA) is 23.8 Å². The van der Waals surface area contributed by atoms with E-state index in [-0.39, 0.29) is 37.4 Å². The smallest absolute Gasteiger partial charge is 0 e. The molecule has 2 heteroatoms. The SMILES string of the molecule is CCCCCCCCCC[NH-].[CH3-].[Np]. The first-order chi connectivity index (χ1) is 5.41. The molecule has 0 bridgehead atoms. The molecule has 0 aliphatic rings. The van der Waals surface area contributed by atoms with Crippen molar-refractivity contribution in [3.8, 4) is 0 Å². The molecule has 0 saturated heterocycles. The first-order valence-electron chi connectivity index (χ1n) is 5.06. The van der Waals surface area contributed by atoms with E-state index in [1.807, 2.05) is 0 Å². The molecule has 0 heterocycles. The van der Waals surface area contributed by atoms with Gasteiger partial charge in [0.1, 0.15) is 0 Å². The Morgan fingerprint density at radius 1 is 0.769 bits per heavy atom. The van der Waals surface area contributed by atoms with Gasteiger partial charge >= 0.3 is 0 Å². The van der Waals surface area contributed by atoms with Crippen LogP contribution < -0.4 is 0 Å². The van der Waals surface area contributed by atoms with Gasteiger partial charge in [-0.05, 0) is 0 Å². The van der Waals surface area contributed by atoms with E-state index in [2.05, 4.69) is 6.92 Å². The molecule has 1 N–H and O–H groups in total. The Labute approximate surface area is 108 Å². The molecule has 0 atom stereocenters. The number of hydrogen-bond donors (Lipinski definition) is 0. The van der Waals surface area contributed by atoms with Gasteiger partial charge in [-0.25, -0.2) is 0 Å². The van der Waals surface area contributed by atoms with Gasteiger partial charge in [-0.3, -0.25) is 0 Å². The zero-order chi connectivity index (χ0) is 8.36. The van der Waals surface area contributed by atoms with Crippen LogP contribution in [0.1, 0.15) is 58.3 Å². The number of hydrogen-bond acceptors (Lipinski definition) is 0. The molecule has 0 aliphatic heterocycles. The van der Waals surface area contributed by atoms with Crippen LogP contribution in [0.25, 0.3) is 5.73 Å². The Hall–Kier alpha value is 0.973. The molecule has 81 valence electrons. The van der Waals surface area contributed by atoms with Gasteiger partial charge in [0.15, 0.2) is 0 Å². The maximum atomic E-state index is 6.95.